The fraction of sp³-hybridized carbons (Fsp3) is 0.571. The van der Waals surface area contributed by atoms with E-state index in [0.29, 0.717) is 5.56 Å². The predicted molar refractivity (Wildman–Crippen MR) is 65.3 cm³/mol. The van der Waals surface area contributed by atoms with Crippen LogP contribution in [0, 0.1) is 12.3 Å². The third kappa shape index (κ3) is 2.39. The van der Waals surface area contributed by atoms with Gasteiger partial charge in [0.1, 0.15) is 0 Å². The average molecular weight is 257 g/mol. The molecule has 0 amide bonds. The molecule has 18 heavy (non-hydrogen) atoms. The van der Waals surface area contributed by atoms with Gasteiger partial charge in [0.05, 0.1) is 5.56 Å². The third-order valence-electron chi connectivity index (χ3n) is 3.93. The van der Waals surface area contributed by atoms with Crippen LogP contribution in [0.4, 0.5) is 13.2 Å². The van der Waals surface area contributed by atoms with Crippen LogP contribution in [0.5, 0.6) is 0 Å². The van der Waals surface area contributed by atoms with Crippen molar-refractivity contribution in [1.29, 1.82) is 0 Å². The van der Waals surface area contributed by atoms with Gasteiger partial charge in [-0.05, 0) is 55.5 Å². The number of hydrogen-bond acceptors (Lipinski definition) is 1. The van der Waals surface area contributed by atoms with Gasteiger partial charge in [0.2, 0.25) is 0 Å². The summed E-state index contributed by atoms with van der Waals surface area (Å²) < 4.78 is 37.8. The molecular formula is C14H18F3N. The number of rotatable bonds is 3. The van der Waals surface area contributed by atoms with E-state index in [9.17, 15) is 13.2 Å². The summed E-state index contributed by atoms with van der Waals surface area (Å²) in [5.74, 6) is 0. The Hall–Kier alpha value is -1.03. The normalized spacial score (nSPS) is 19.7. The van der Waals surface area contributed by atoms with Gasteiger partial charge in [0, 0.05) is 6.04 Å². The highest BCUT2D eigenvalue weighted by molar-refractivity contribution is 5.36. The zero-order chi connectivity index (χ0) is 13.6. The second-order valence-corrected chi connectivity index (χ2v) is 5.44. The molecule has 1 aromatic rings. The molecule has 1 aliphatic carbocycles. The smallest absolute Gasteiger partial charge is 0.313 e. The van der Waals surface area contributed by atoms with Crippen LogP contribution in [0.15, 0.2) is 18.2 Å². The molecule has 1 unspecified atom stereocenters. The van der Waals surface area contributed by atoms with Crippen molar-refractivity contribution in [3.05, 3.63) is 34.9 Å². The maximum atomic E-state index is 12.6. The van der Waals surface area contributed by atoms with Crippen molar-refractivity contribution in [2.75, 3.05) is 7.05 Å². The zero-order valence-electron chi connectivity index (χ0n) is 10.9. The van der Waals surface area contributed by atoms with Gasteiger partial charge < -0.3 is 5.32 Å². The maximum Gasteiger partial charge on any atom is 0.416 e. The third-order valence-corrected chi connectivity index (χ3v) is 3.93. The van der Waals surface area contributed by atoms with Crippen LogP contribution in [0.3, 0.4) is 0 Å². The monoisotopic (exact) mass is 257 g/mol. The van der Waals surface area contributed by atoms with E-state index in [1.54, 1.807) is 13.0 Å². The number of benzene rings is 1. The average Bonchev–Trinajstić information content (AvgIpc) is 2.99. The molecule has 1 aliphatic rings. The molecule has 1 N–H and O–H groups in total. The molecule has 0 heterocycles. The molecule has 100 valence electrons. The van der Waals surface area contributed by atoms with Crippen molar-refractivity contribution < 1.29 is 13.2 Å². The van der Waals surface area contributed by atoms with E-state index in [2.05, 4.69) is 12.2 Å². The Labute approximate surface area is 105 Å². The topological polar surface area (TPSA) is 12.0 Å². The molecule has 1 saturated carbocycles. The van der Waals surface area contributed by atoms with Crippen LogP contribution >= 0.6 is 0 Å². The summed E-state index contributed by atoms with van der Waals surface area (Å²) in [7, 11) is 1.87. The molecule has 0 bridgehead atoms. The zero-order valence-corrected chi connectivity index (χ0v) is 10.9. The fourth-order valence-corrected chi connectivity index (χ4v) is 2.54. The molecule has 1 aromatic carbocycles. The van der Waals surface area contributed by atoms with Gasteiger partial charge in [-0.1, -0.05) is 13.0 Å². The van der Waals surface area contributed by atoms with Gasteiger partial charge in [-0.2, -0.15) is 13.2 Å². The van der Waals surface area contributed by atoms with E-state index in [-0.39, 0.29) is 11.5 Å². The molecule has 1 nitrogen and oxygen atoms in total. The standard InChI is InChI=1S/C14H18F3N/c1-9-8-10(14(15,16)17)4-5-11(9)12(18-3)13(2)6-7-13/h4-5,8,12,18H,6-7H2,1-3H3. The molecule has 0 spiro atoms. The summed E-state index contributed by atoms with van der Waals surface area (Å²) >= 11 is 0. The highest BCUT2D eigenvalue weighted by atomic mass is 19.4. The molecule has 0 radical (unpaired) electrons. The van der Waals surface area contributed by atoms with E-state index in [0.717, 1.165) is 18.4 Å². The lowest BCUT2D eigenvalue weighted by Gasteiger charge is -2.25. The van der Waals surface area contributed by atoms with Crippen LogP contribution < -0.4 is 5.32 Å². The lowest BCUT2D eigenvalue weighted by molar-refractivity contribution is -0.137. The number of hydrogen-bond donors (Lipinski definition) is 1. The summed E-state index contributed by atoms with van der Waals surface area (Å²) in [6.07, 6.45) is -2.01. The summed E-state index contributed by atoms with van der Waals surface area (Å²) in [6, 6.07) is 4.17. The van der Waals surface area contributed by atoms with Crippen molar-refractivity contribution in [2.24, 2.45) is 5.41 Å². The van der Waals surface area contributed by atoms with Crippen molar-refractivity contribution in [3.63, 3.8) is 0 Å². The first kappa shape index (κ1) is 13.4. The second kappa shape index (κ2) is 4.26. The van der Waals surface area contributed by atoms with Crippen LogP contribution in [-0.4, -0.2) is 7.05 Å². The number of alkyl halides is 3. The van der Waals surface area contributed by atoms with Gasteiger partial charge in [-0.25, -0.2) is 0 Å². The SMILES string of the molecule is CNC(c1ccc(C(F)(F)F)cc1C)C1(C)CC1. The summed E-state index contributed by atoms with van der Waals surface area (Å²) in [6.45, 7) is 3.92. The molecule has 1 fully saturated rings. The van der Waals surface area contributed by atoms with Crippen LogP contribution in [0.1, 0.15) is 42.5 Å². The molecule has 4 heteroatoms. The first-order valence-electron chi connectivity index (χ1n) is 6.13. The van der Waals surface area contributed by atoms with Crippen molar-refractivity contribution in [3.8, 4) is 0 Å². The van der Waals surface area contributed by atoms with Crippen molar-refractivity contribution >= 4 is 0 Å². The van der Waals surface area contributed by atoms with Crippen LogP contribution in [0.2, 0.25) is 0 Å². The van der Waals surface area contributed by atoms with Gasteiger partial charge in [0.15, 0.2) is 0 Å². The molecule has 0 aliphatic heterocycles. The Bertz CT molecular complexity index is 447. The van der Waals surface area contributed by atoms with E-state index in [1.165, 1.54) is 12.1 Å². The van der Waals surface area contributed by atoms with Crippen molar-refractivity contribution in [1.82, 2.24) is 5.32 Å². The highest BCUT2D eigenvalue weighted by Gasteiger charge is 2.45. The van der Waals surface area contributed by atoms with Crippen molar-refractivity contribution in [2.45, 2.75) is 38.9 Å². The lowest BCUT2D eigenvalue weighted by atomic mass is 9.88. The largest absolute Gasteiger partial charge is 0.416 e. The van der Waals surface area contributed by atoms with E-state index >= 15 is 0 Å². The fourth-order valence-electron chi connectivity index (χ4n) is 2.54. The minimum Gasteiger partial charge on any atom is -0.313 e. The van der Waals surface area contributed by atoms with Gasteiger partial charge >= 0.3 is 6.18 Å². The lowest BCUT2D eigenvalue weighted by Crippen LogP contribution is -2.25. The minimum atomic E-state index is -4.26. The summed E-state index contributed by atoms with van der Waals surface area (Å²) in [5, 5.41) is 3.24. The van der Waals surface area contributed by atoms with E-state index in [4.69, 9.17) is 0 Å². The first-order valence-corrected chi connectivity index (χ1v) is 6.13. The summed E-state index contributed by atoms with van der Waals surface area (Å²) in [4.78, 5) is 0. The number of aryl methyl sites for hydroxylation is 1. The quantitative estimate of drug-likeness (QED) is 0.860. The summed E-state index contributed by atoms with van der Waals surface area (Å²) in [5.41, 5.74) is 1.31. The highest BCUT2D eigenvalue weighted by Crippen LogP contribution is 2.54. The number of nitrogens with one attached hydrogen (secondary N) is 1. The maximum absolute atomic E-state index is 12.6. The molecule has 0 aromatic heterocycles. The van der Waals surface area contributed by atoms with Crippen LogP contribution in [-0.2, 0) is 6.18 Å². The molecule has 0 saturated heterocycles. The first-order chi connectivity index (χ1) is 8.28. The van der Waals surface area contributed by atoms with Gasteiger partial charge in [0.25, 0.3) is 0 Å². The Morgan fingerprint density at radius 2 is 1.89 bits per heavy atom. The Balaban J connectivity index is 2.35. The molecular weight excluding hydrogens is 239 g/mol. The van der Waals surface area contributed by atoms with E-state index < -0.39 is 11.7 Å². The minimum absolute atomic E-state index is 0.139. The Morgan fingerprint density at radius 3 is 2.28 bits per heavy atom. The van der Waals surface area contributed by atoms with E-state index in [1.807, 2.05) is 7.05 Å². The predicted octanol–water partition coefficient (Wildman–Crippen LogP) is 4.07. The molecule has 2 rings (SSSR count). The Morgan fingerprint density at radius 1 is 1.28 bits per heavy atom. The Kier molecular flexibility index (Phi) is 3.18. The van der Waals surface area contributed by atoms with Crippen LogP contribution in [0.25, 0.3) is 0 Å². The number of halogens is 3. The van der Waals surface area contributed by atoms with Gasteiger partial charge in [-0.3, -0.25) is 0 Å². The molecule has 1 atom stereocenters. The second-order valence-electron chi connectivity index (χ2n) is 5.44. The van der Waals surface area contributed by atoms with Gasteiger partial charge in [-0.15, -0.1) is 0 Å².